The summed E-state index contributed by atoms with van der Waals surface area (Å²) in [6, 6.07) is 6.21. The molecule has 3 rings (SSSR count). The molecule has 0 aromatic heterocycles. The van der Waals surface area contributed by atoms with Crippen molar-refractivity contribution < 1.29 is 54.6 Å². The molecule has 0 heterocycles. The first-order valence-corrected chi connectivity index (χ1v) is 9.85. The Balaban J connectivity index is 0.00000156. The Kier molecular flexibility index (Phi) is 7.00. The van der Waals surface area contributed by atoms with Gasteiger partial charge in [0, 0.05) is 0 Å². The fraction of sp³-hybridized carbons (Fsp3) is 0.647. The molecule has 0 amide bonds. The fourth-order valence-electron chi connectivity index (χ4n) is 3.31. The molecule has 2 aliphatic rings. The molecule has 0 unspecified atom stereocenters. The number of benzene rings is 1. The van der Waals surface area contributed by atoms with Crippen molar-refractivity contribution in [2.75, 3.05) is 6.79 Å². The van der Waals surface area contributed by atoms with E-state index in [1.54, 1.807) is 0 Å². The number of ether oxygens (including phenoxy) is 1. The van der Waals surface area contributed by atoms with E-state index in [1.165, 1.54) is 25.7 Å². The average Bonchev–Trinajstić information content (AvgIpc) is 3.38. The summed E-state index contributed by atoms with van der Waals surface area (Å²) in [5.41, 5.74) is 2.26. The minimum absolute atomic E-state index is 0. The Morgan fingerprint density at radius 2 is 1.58 bits per heavy atom. The monoisotopic (exact) mass is 364 g/mol. The molecule has 5 nitrogen and oxygen atoms in total. The molecule has 1 aromatic carbocycles. The van der Waals surface area contributed by atoms with Gasteiger partial charge in [-0.05, 0) is 60.5 Å². The summed E-state index contributed by atoms with van der Waals surface area (Å²) in [7, 11) is -4.52. The zero-order valence-corrected chi connectivity index (χ0v) is 17.5. The van der Waals surface area contributed by atoms with E-state index in [0.717, 1.165) is 16.9 Å². The van der Waals surface area contributed by atoms with Gasteiger partial charge < -0.3 is 16.0 Å². The van der Waals surface area contributed by atoms with E-state index < -0.39 is 14.6 Å². The summed E-state index contributed by atoms with van der Waals surface area (Å²) in [5, 5.41) is 0. The maximum atomic E-state index is 10.9. The van der Waals surface area contributed by atoms with E-state index in [0.29, 0.717) is 23.7 Å². The van der Waals surface area contributed by atoms with Crippen LogP contribution in [0.3, 0.4) is 0 Å². The molecule has 0 radical (unpaired) electrons. The molecule has 2 N–H and O–H groups in total. The predicted molar refractivity (Wildman–Crippen MR) is 88.5 cm³/mol. The van der Waals surface area contributed by atoms with E-state index in [4.69, 9.17) is 14.5 Å². The fourth-order valence-corrected chi connectivity index (χ4v) is 3.50. The van der Waals surface area contributed by atoms with Crippen molar-refractivity contribution in [3.05, 3.63) is 29.3 Å². The van der Waals surface area contributed by atoms with Gasteiger partial charge in [-0.15, -0.1) is 0 Å². The molecular formula is C17H26NaO5P. The Morgan fingerprint density at radius 1 is 1.12 bits per heavy atom. The van der Waals surface area contributed by atoms with E-state index in [1.807, 2.05) is 0 Å². The van der Waals surface area contributed by atoms with Crippen molar-refractivity contribution in [3.63, 3.8) is 0 Å². The minimum atomic E-state index is -4.52. The van der Waals surface area contributed by atoms with Crippen molar-refractivity contribution in [3.8, 4) is 5.75 Å². The largest absolute Gasteiger partial charge is 1.00 e. The number of phosphoric acid groups is 1. The molecule has 2 fully saturated rings. The molecule has 0 aliphatic heterocycles. The van der Waals surface area contributed by atoms with Crippen LogP contribution < -0.4 is 34.3 Å². The normalized spacial score (nSPS) is 20.2. The van der Waals surface area contributed by atoms with Crippen LogP contribution in [0.4, 0.5) is 0 Å². The van der Waals surface area contributed by atoms with E-state index in [9.17, 15) is 4.57 Å². The second-order valence-corrected chi connectivity index (χ2v) is 8.14. The molecule has 2 saturated carbocycles. The SMILES string of the molecule is C[C@H](c1cccc([C@H](C)C2CC2)c1OCOP(=O)(O)O)C1CC1.[H-].[Na+]. The van der Waals surface area contributed by atoms with Crippen molar-refractivity contribution in [2.24, 2.45) is 11.8 Å². The first-order valence-electron chi connectivity index (χ1n) is 8.32. The predicted octanol–water partition coefficient (Wildman–Crippen LogP) is 1.28. The summed E-state index contributed by atoms with van der Waals surface area (Å²) < 4.78 is 21.1. The van der Waals surface area contributed by atoms with Gasteiger partial charge in [0.2, 0.25) is 0 Å². The van der Waals surface area contributed by atoms with Crippen LogP contribution in [0.5, 0.6) is 5.75 Å². The number of phosphoric ester groups is 1. The third-order valence-corrected chi connectivity index (χ3v) is 5.58. The Hall–Kier alpha value is 0.130. The first-order chi connectivity index (χ1) is 10.9. The molecule has 7 heteroatoms. The molecule has 24 heavy (non-hydrogen) atoms. The molecule has 2 atom stereocenters. The molecule has 1 aromatic rings. The number of hydrogen-bond acceptors (Lipinski definition) is 3. The zero-order valence-electron chi connectivity index (χ0n) is 15.6. The number of para-hydroxylation sites is 1. The van der Waals surface area contributed by atoms with E-state index in [2.05, 4.69) is 36.6 Å². The van der Waals surface area contributed by atoms with Crippen LogP contribution in [0.1, 0.15) is 63.9 Å². The summed E-state index contributed by atoms with van der Waals surface area (Å²) >= 11 is 0. The van der Waals surface area contributed by atoms with Crippen molar-refractivity contribution >= 4 is 7.82 Å². The van der Waals surface area contributed by atoms with Crippen LogP contribution >= 0.6 is 7.82 Å². The third-order valence-electron chi connectivity index (χ3n) is 5.14. The molecule has 0 saturated heterocycles. The van der Waals surface area contributed by atoms with Crippen LogP contribution in [0, 0.1) is 11.8 Å². The molecule has 0 spiro atoms. The van der Waals surface area contributed by atoms with Gasteiger partial charge in [0.25, 0.3) is 0 Å². The van der Waals surface area contributed by atoms with Gasteiger partial charge >= 0.3 is 37.4 Å². The van der Waals surface area contributed by atoms with Gasteiger partial charge in [-0.2, -0.15) is 0 Å². The maximum Gasteiger partial charge on any atom is 1.00 e. The van der Waals surface area contributed by atoms with Crippen LogP contribution in [0.15, 0.2) is 18.2 Å². The third kappa shape index (κ3) is 5.31. The van der Waals surface area contributed by atoms with Gasteiger partial charge in [-0.25, -0.2) is 9.09 Å². The Morgan fingerprint density at radius 3 is 1.96 bits per heavy atom. The van der Waals surface area contributed by atoms with Crippen molar-refractivity contribution in [2.45, 2.75) is 51.4 Å². The van der Waals surface area contributed by atoms with Crippen LogP contribution in [-0.2, 0) is 9.09 Å². The number of rotatable bonds is 8. The van der Waals surface area contributed by atoms with Crippen molar-refractivity contribution in [1.29, 1.82) is 0 Å². The van der Waals surface area contributed by atoms with E-state index >= 15 is 0 Å². The molecule has 0 bridgehead atoms. The van der Waals surface area contributed by atoms with Gasteiger partial charge in [0.15, 0.2) is 6.79 Å². The van der Waals surface area contributed by atoms with Crippen LogP contribution in [-0.4, -0.2) is 16.6 Å². The average molecular weight is 364 g/mol. The summed E-state index contributed by atoms with van der Waals surface area (Å²) in [4.78, 5) is 17.7. The number of hydrogen-bond donors (Lipinski definition) is 2. The topological polar surface area (TPSA) is 76.0 Å². The summed E-state index contributed by atoms with van der Waals surface area (Å²) in [6.45, 7) is 3.98. The zero-order chi connectivity index (χ0) is 16.6. The van der Waals surface area contributed by atoms with Gasteiger partial charge in [0.1, 0.15) is 5.75 Å². The molecular weight excluding hydrogens is 338 g/mol. The van der Waals surface area contributed by atoms with Gasteiger partial charge in [0.05, 0.1) is 0 Å². The standard InChI is InChI=1S/C17H25O5P.Na.H/c1-11(13-6-7-13)15-4-3-5-16(12(2)14-8-9-14)17(15)21-10-22-23(18,19)20;;/h3-5,11-14H,6-10H2,1-2H3,(H2,18,19,20);;/q;+1;-1/t11-,12+;;. The Labute approximate surface area is 167 Å². The Bertz CT molecular complexity index is 579. The van der Waals surface area contributed by atoms with Crippen molar-refractivity contribution in [1.82, 2.24) is 0 Å². The minimum Gasteiger partial charge on any atom is -1.00 e. The first kappa shape index (κ1) is 20.4. The second kappa shape index (κ2) is 8.22. The van der Waals surface area contributed by atoms with Gasteiger partial charge in [-0.3, -0.25) is 0 Å². The summed E-state index contributed by atoms with van der Waals surface area (Å²) in [5.74, 6) is 2.93. The van der Waals surface area contributed by atoms with Gasteiger partial charge in [-0.1, -0.05) is 32.0 Å². The summed E-state index contributed by atoms with van der Waals surface area (Å²) in [6.07, 6.45) is 4.95. The van der Waals surface area contributed by atoms with Crippen LogP contribution in [0.25, 0.3) is 0 Å². The maximum absolute atomic E-state index is 10.9. The van der Waals surface area contributed by atoms with Crippen LogP contribution in [0.2, 0.25) is 0 Å². The molecule has 2 aliphatic carbocycles. The second-order valence-electron chi connectivity index (χ2n) is 6.90. The quantitative estimate of drug-likeness (QED) is 0.413. The smallest absolute Gasteiger partial charge is 1.00 e. The van der Waals surface area contributed by atoms with E-state index in [-0.39, 0.29) is 31.0 Å². The molecule has 130 valence electrons.